The van der Waals surface area contributed by atoms with Crippen LogP contribution in [0.4, 0.5) is 11.9 Å². The number of anilines is 2. The molecule has 3 heterocycles. The van der Waals surface area contributed by atoms with E-state index in [1.165, 1.54) is 4.52 Å². The van der Waals surface area contributed by atoms with Gasteiger partial charge in [0.15, 0.2) is 5.76 Å². The number of rotatable bonds is 6. The first-order valence-corrected chi connectivity index (χ1v) is 9.88. The number of furan rings is 1. The summed E-state index contributed by atoms with van der Waals surface area (Å²) in [4.78, 5) is 25.2. The SMILES string of the molecule is CC(C)(C)NC(=O)c1ccc(CCNc2nc(N)n3nc(-c4ccco4)nc3n2)cc1. The number of hydrogen-bond donors (Lipinski definition) is 3. The van der Waals surface area contributed by atoms with Crippen LogP contribution in [0.1, 0.15) is 36.7 Å². The number of carbonyl (C=O) groups excluding carboxylic acids is 1. The van der Waals surface area contributed by atoms with Crippen LogP contribution in [0.5, 0.6) is 0 Å². The Morgan fingerprint density at radius 2 is 1.90 bits per heavy atom. The van der Waals surface area contributed by atoms with Crippen LogP contribution in [0, 0.1) is 0 Å². The Bertz CT molecular complexity index is 1190. The molecule has 0 aliphatic carbocycles. The number of nitrogen functional groups attached to an aromatic ring is 1. The Balaban J connectivity index is 1.39. The van der Waals surface area contributed by atoms with Gasteiger partial charge in [0.05, 0.1) is 6.26 Å². The molecule has 0 unspecified atom stereocenters. The van der Waals surface area contributed by atoms with Crippen molar-refractivity contribution in [3.8, 4) is 11.6 Å². The molecule has 10 heteroatoms. The predicted octanol–water partition coefficient (Wildman–Crippen LogP) is 2.54. The van der Waals surface area contributed by atoms with Gasteiger partial charge in [0.2, 0.25) is 17.7 Å². The van der Waals surface area contributed by atoms with Crippen molar-refractivity contribution in [2.24, 2.45) is 0 Å². The van der Waals surface area contributed by atoms with Gasteiger partial charge in [-0.2, -0.15) is 19.5 Å². The van der Waals surface area contributed by atoms with Crippen molar-refractivity contribution in [1.29, 1.82) is 0 Å². The van der Waals surface area contributed by atoms with Gasteiger partial charge in [0.1, 0.15) is 0 Å². The van der Waals surface area contributed by atoms with Crippen LogP contribution < -0.4 is 16.4 Å². The second-order valence-corrected chi connectivity index (χ2v) is 8.11. The molecule has 0 aliphatic heterocycles. The molecule has 3 aromatic heterocycles. The number of amides is 1. The van der Waals surface area contributed by atoms with Crippen LogP contribution in [-0.2, 0) is 6.42 Å². The van der Waals surface area contributed by atoms with E-state index >= 15 is 0 Å². The molecule has 0 fully saturated rings. The van der Waals surface area contributed by atoms with Crippen molar-refractivity contribution < 1.29 is 9.21 Å². The summed E-state index contributed by atoms with van der Waals surface area (Å²) in [6.07, 6.45) is 2.27. The Morgan fingerprint density at radius 1 is 1.13 bits per heavy atom. The van der Waals surface area contributed by atoms with Crippen molar-refractivity contribution in [2.75, 3.05) is 17.6 Å². The third-order valence-electron chi connectivity index (χ3n) is 4.38. The summed E-state index contributed by atoms with van der Waals surface area (Å²) in [7, 11) is 0. The number of benzene rings is 1. The van der Waals surface area contributed by atoms with E-state index in [1.807, 2.05) is 45.0 Å². The van der Waals surface area contributed by atoms with Crippen molar-refractivity contribution in [2.45, 2.75) is 32.7 Å². The zero-order valence-corrected chi connectivity index (χ0v) is 17.6. The molecule has 0 bridgehead atoms. The minimum Gasteiger partial charge on any atom is -0.461 e. The lowest BCUT2D eigenvalue weighted by Crippen LogP contribution is -2.40. The van der Waals surface area contributed by atoms with Gasteiger partial charge in [-0.3, -0.25) is 4.79 Å². The van der Waals surface area contributed by atoms with E-state index in [0.29, 0.717) is 35.4 Å². The quantitative estimate of drug-likeness (QED) is 0.433. The molecular formula is C21H24N8O2. The minimum absolute atomic E-state index is 0.0865. The maximum Gasteiger partial charge on any atom is 0.259 e. The van der Waals surface area contributed by atoms with Crippen molar-refractivity contribution in [3.63, 3.8) is 0 Å². The average molecular weight is 420 g/mol. The highest BCUT2D eigenvalue weighted by molar-refractivity contribution is 5.94. The van der Waals surface area contributed by atoms with E-state index in [0.717, 1.165) is 12.0 Å². The first-order valence-electron chi connectivity index (χ1n) is 9.88. The van der Waals surface area contributed by atoms with Crippen LogP contribution in [0.2, 0.25) is 0 Å². The molecule has 0 radical (unpaired) electrons. The first-order chi connectivity index (χ1) is 14.8. The van der Waals surface area contributed by atoms with Crippen LogP contribution in [0.25, 0.3) is 17.4 Å². The van der Waals surface area contributed by atoms with Gasteiger partial charge >= 0.3 is 0 Å². The Kier molecular flexibility index (Phi) is 5.28. The maximum atomic E-state index is 12.2. The number of aromatic nitrogens is 5. The summed E-state index contributed by atoms with van der Waals surface area (Å²) >= 11 is 0. The maximum absolute atomic E-state index is 12.2. The normalized spacial score (nSPS) is 11.6. The number of fused-ring (bicyclic) bond motifs is 1. The third kappa shape index (κ3) is 4.80. The fraction of sp³-hybridized carbons (Fsp3) is 0.286. The summed E-state index contributed by atoms with van der Waals surface area (Å²) in [5, 5.41) is 10.4. The van der Waals surface area contributed by atoms with Crippen molar-refractivity contribution in [3.05, 3.63) is 53.8 Å². The molecule has 0 saturated heterocycles. The molecule has 4 aromatic rings. The lowest BCUT2D eigenvalue weighted by molar-refractivity contribution is 0.0919. The molecule has 0 atom stereocenters. The molecule has 0 spiro atoms. The Morgan fingerprint density at radius 3 is 2.58 bits per heavy atom. The summed E-state index contributed by atoms with van der Waals surface area (Å²) in [6.45, 7) is 6.44. The van der Waals surface area contributed by atoms with E-state index in [2.05, 4.69) is 30.7 Å². The van der Waals surface area contributed by atoms with Crippen LogP contribution >= 0.6 is 0 Å². The fourth-order valence-electron chi connectivity index (χ4n) is 2.95. The second-order valence-electron chi connectivity index (χ2n) is 8.11. The standard InChI is InChI=1S/C21H24N8O2/c1-21(2,3)27-17(30)14-8-6-13(7-9-14)10-11-23-19-25-18(22)29-20(26-19)24-16(28-29)15-5-4-12-31-15/h4-9,12H,10-11H2,1-3H3,(H,27,30)(H3,22,23,24,25,26,28). The zero-order valence-electron chi connectivity index (χ0n) is 17.6. The molecule has 4 N–H and O–H groups in total. The molecule has 1 amide bonds. The van der Waals surface area contributed by atoms with E-state index < -0.39 is 0 Å². The lowest BCUT2D eigenvalue weighted by atomic mass is 10.1. The predicted molar refractivity (Wildman–Crippen MR) is 117 cm³/mol. The highest BCUT2D eigenvalue weighted by Crippen LogP contribution is 2.17. The number of nitrogens with zero attached hydrogens (tertiary/aromatic N) is 5. The summed E-state index contributed by atoms with van der Waals surface area (Å²) in [5.74, 6) is 1.70. The highest BCUT2D eigenvalue weighted by Gasteiger charge is 2.15. The molecule has 160 valence electrons. The van der Waals surface area contributed by atoms with Gasteiger partial charge in [-0.1, -0.05) is 12.1 Å². The van der Waals surface area contributed by atoms with E-state index in [-0.39, 0.29) is 17.4 Å². The molecule has 31 heavy (non-hydrogen) atoms. The van der Waals surface area contributed by atoms with Crippen LogP contribution in [0.3, 0.4) is 0 Å². The monoisotopic (exact) mass is 420 g/mol. The van der Waals surface area contributed by atoms with Crippen molar-refractivity contribution in [1.82, 2.24) is 29.9 Å². The first kappa shape index (κ1) is 20.3. The van der Waals surface area contributed by atoms with Gasteiger partial charge in [-0.25, -0.2) is 0 Å². The molecule has 4 rings (SSSR count). The molecule has 0 saturated carbocycles. The Hall–Kier alpha value is -3.95. The summed E-state index contributed by atoms with van der Waals surface area (Å²) < 4.78 is 6.68. The van der Waals surface area contributed by atoms with Gasteiger partial charge in [-0.15, -0.1) is 5.10 Å². The fourth-order valence-corrected chi connectivity index (χ4v) is 2.95. The van der Waals surface area contributed by atoms with Crippen molar-refractivity contribution >= 4 is 23.6 Å². The largest absolute Gasteiger partial charge is 0.461 e. The highest BCUT2D eigenvalue weighted by atomic mass is 16.3. The van der Waals surface area contributed by atoms with E-state index in [1.54, 1.807) is 18.4 Å². The molecule has 10 nitrogen and oxygen atoms in total. The van der Waals surface area contributed by atoms with Gasteiger partial charge in [-0.05, 0) is 57.0 Å². The molecule has 1 aromatic carbocycles. The number of hydrogen-bond acceptors (Lipinski definition) is 8. The van der Waals surface area contributed by atoms with Crippen LogP contribution in [0.15, 0.2) is 47.1 Å². The topological polar surface area (TPSA) is 136 Å². The summed E-state index contributed by atoms with van der Waals surface area (Å²) in [6, 6.07) is 11.0. The number of nitrogens with two attached hydrogens (primary N) is 1. The van der Waals surface area contributed by atoms with Crippen LogP contribution in [-0.4, -0.2) is 42.6 Å². The second kappa shape index (κ2) is 8.05. The smallest absolute Gasteiger partial charge is 0.259 e. The number of nitrogens with one attached hydrogen (secondary N) is 2. The molecule has 0 aliphatic rings. The number of carbonyl (C=O) groups is 1. The average Bonchev–Trinajstić information content (AvgIpc) is 3.37. The Labute approximate surface area is 178 Å². The third-order valence-corrected chi connectivity index (χ3v) is 4.38. The lowest BCUT2D eigenvalue weighted by Gasteiger charge is -2.20. The van der Waals surface area contributed by atoms with E-state index in [4.69, 9.17) is 10.2 Å². The summed E-state index contributed by atoms with van der Waals surface area (Å²) in [5.41, 5.74) is 7.44. The molecular weight excluding hydrogens is 396 g/mol. The minimum atomic E-state index is -0.272. The zero-order chi connectivity index (χ0) is 22.0. The van der Waals surface area contributed by atoms with Gasteiger partial charge < -0.3 is 20.8 Å². The van der Waals surface area contributed by atoms with Gasteiger partial charge in [0.25, 0.3) is 11.7 Å². The van der Waals surface area contributed by atoms with E-state index in [9.17, 15) is 4.79 Å². The van der Waals surface area contributed by atoms with Gasteiger partial charge in [0, 0.05) is 17.6 Å².